The fourth-order valence-electron chi connectivity index (χ4n) is 2.19. The Balaban J connectivity index is 2.31. The molecule has 1 unspecified atom stereocenters. The molecule has 0 aromatic heterocycles. The molecule has 0 radical (unpaired) electrons. The van der Waals surface area contributed by atoms with Crippen LogP contribution in [0.25, 0.3) is 0 Å². The summed E-state index contributed by atoms with van der Waals surface area (Å²) in [7, 11) is 1.72. The Morgan fingerprint density at radius 3 is 2.60 bits per heavy atom. The zero-order valence-corrected chi connectivity index (χ0v) is 12.1. The predicted molar refractivity (Wildman–Crippen MR) is 78.1 cm³/mol. The van der Waals surface area contributed by atoms with Crippen molar-refractivity contribution >= 4 is 11.6 Å². The van der Waals surface area contributed by atoms with E-state index in [4.69, 9.17) is 11.6 Å². The van der Waals surface area contributed by atoms with Crippen LogP contribution in [0.3, 0.4) is 0 Å². The quantitative estimate of drug-likeness (QED) is 0.880. The van der Waals surface area contributed by atoms with Gasteiger partial charge in [0.2, 0.25) is 0 Å². The van der Waals surface area contributed by atoms with Crippen molar-refractivity contribution in [3.8, 4) is 0 Å². The molecule has 20 heavy (non-hydrogen) atoms. The fraction of sp³-hybridized carbons (Fsp3) is 0.250. The van der Waals surface area contributed by atoms with Gasteiger partial charge in [0.05, 0.1) is 0 Å². The summed E-state index contributed by atoms with van der Waals surface area (Å²) >= 11 is 6.19. The van der Waals surface area contributed by atoms with Crippen molar-refractivity contribution < 1.29 is 8.78 Å². The van der Waals surface area contributed by atoms with E-state index in [1.54, 1.807) is 13.1 Å². The first-order chi connectivity index (χ1) is 9.52. The molecule has 0 aliphatic heterocycles. The third-order valence-electron chi connectivity index (χ3n) is 3.34. The molecule has 0 fully saturated rings. The summed E-state index contributed by atoms with van der Waals surface area (Å²) in [5, 5.41) is 3.65. The second kappa shape index (κ2) is 6.33. The van der Waals surface area contributed by atoms with Crippen LogP contribution in [0.15, 0.2) is 36.4 Å². The highest BCUT2D eigenvalue weighted by Gasteiger charge is 2.18. The van der Waals surface area contributed by atoms with E-state index in [1.807, 2.05) is 25.1 Å². The van der Waals surface area contributed by atoms with Gasteiger partial charge in [-0.05, 0) is 43.7 Å². The Morgan fingerprint density at radius 1 is 1.20 bits per heavy atom. The number of rotatable bonds is 4. The van der Waals surface area contributed by atoms with Crippen LogP contribution in [0.5, 0.6) is 0 Å². The van der Waals surface area contributed by atoms with Crippen molar-refractivity contribution in [3.63, 3.8) is 0 Å². The van der Waals surface area contributed by atoms with E-state index in [0.717, 1.165) is 17.2 Å². The monoisotopic (exact) mass is 295 g/mol. The average Bonchev–Trinajstić information content (AvgIpc) is 2.42. The van der Waals surface area contributed by atoms with E-state index in [9.17, 15) is 8.78 Å². The summed E-state index contributed by atoms with van der Waals surface area (Å²) in [4.78, 5) is 0. The Morgan fingerprint density at radius 2 is 1.95 bits per heavy atom. The van der Waals surface area contributed by atoms with Crippen LogP contribution < -0.4 is 5.32 Å². The number of hydrogen-bond donors (Lipinski definition) is 1. The summed E-state index contributed by atoms with van der Waals surface area (Å²) in [5.74, 6) is -1.65. The number of nitrogens with one attached hydrogen (secondary N) is 1. The molecular formula is C16H16ClF2N. The van der Waals surface area contributed by atoms with Crippen molar-refractivity contribution in [1.29, 1.82) is 0 Å². The van der Waals surface area contributed by atoms with Crippen LogP contribution in [-0.4, -0.2) is 7.05 Å². The molecular weight excluding hydrogens is 280 g/mol. The second-order valence-electron chi connectivity index (χ2n) is 4.78. The first kappa shape index (κ1) is 14.9. The van der Waals surface area contributed by atoms with Gasteiger partial charge in [-0.3, -0.25) is 0 Å². The Hall–Kier alpha value is -1.45. The fourth-order valence-corrected chi connectivity index (χ4v) is 2.51. The number of hydrogen-bond acceptors (Lipinski definition) is 1. The highest BCUT2D eigenvalue weighted by atomic mass is 35.5. The number of aryl methyl sites for hydroxylation is 1. The Labute approximate surface area is 122 Å². The molecule has 0 bridgehead atoms. The number of halogens is 3. The molecule has 4 heteroatoms. The average molecular weight is 296 g/mol. The van der Waals surface area contributed by atoms with Crippen LogP contribution in [0.1, 0.15) is 22.7 Å². The van der Waals surface area contributed by atoms with E-state index in [-0.39, 0.29) is 6.04 Å². The lowest BCUT2D eigenvalue weighted by molar-refractivity contribution is 0.473. The molecule has 2 aromatic rings. The number of likely N-dealkylation sites (N-methyl/N-ethyl adjacent to an activating group) is 1. The molecule has 1 atom stereocenters. The normalized spacial score (nSPS) is 12.4. The Kier molecular flexibility index (Phi) is 4.73. The first-order valence-electron chi connectivity index (χ1n) is 6.39. The van der Waals surface area contributed by atoms with Crippen LogP contribution in [0.4, 0.5) is 8.78 Å². The third-order valence-corrected chi connectivity index (χ3v) is 3.69. The summed E-state index contributed by atoms with van der Waals surface area (Å²) < 4.78 is 27.2. The largest absolute Gasteiger partial charge is 0.313 e. The second-order valence-corrected chi connectivity index (χ2v) is 5.19. The van der Waals surface area contributed by atoms with Gasteiger partial charge >= 0.3 is 0 Å². The molecule has 0 saturated heterocycles. The Bertz CT molecular complexity index is 613. The molecule has 0 saturated carbocycles. The highest BCUT2D eigenvalue weighted by Crippen LogP contribution is 2.26. The molecule has 0 amide bonds. The van der Waals surface area contributed by atoms with Gasteiger partial charge in [-0.15, -0.1) is 0 Å². The van der Waals surface area contributed by atoms with Gasteiger partial charge in [-0.1, -0.05) is 35.9 Å². The van der Waals surface area contributed by atoms with Gasteiger partial charge in [0.25, 0.3) is 0 Å². The summed E-state index contributed by atoms with van der Waals surface area (Å²) in [6.07, 6.45) is 0.496. The van der Waals surface area contributed by atoms with Crippen LogP contribution >= 0.6 is 11.6 Å². The van der Waals surface area contributed by atoms with E-state index in [1.165, 1.54) is 6.07 Å². The van der Waals surface area contributed by atoms with Gasteiger partial charge in [-0.2, -0.15) is 0 Å². The van der Waals surface area contributed by atoms with E-state index in [0.29, 0.717) is 17.0 Å². The maximum atomic E-state index is 13.9. The van der Waals surface area contributed by atoms with Gasteiger partial charge < -0.3 is 5.32 Å². The maximum Gasteiger partial charge on any atom is 0.163 e. The molecule has 0 heterocycles. The molecule has 0 spiro atoms. The highest BCUT2D eigenvalue weighted by molar-refractivity contribution is 6.31. The summed E-state index contributed by atoms with van der Waals surface area (Å²) in [6.45, 7) is 1.96. The third kappa shape index (κ3) is 3.17. The van der Waals surface area contributed by atoms with Gasteiger partial charge in [0.15, 0.2) is 11.6 Å². The van der Waals surface area contributed by atoms with Gasteiger partial charge in [0, 0.05) is 16.6 Å². The maximum absolute atomic E-state index is 13.9. The van der Waals surface area contributed by atoms with E-state index >= 15 is 0 Å². The number of benzene rings is 2. The lowest BCUT2D eigenvalue weighted by atomic mass is 9.97. The zero-order chi connectivity index (χ0) is 14.7. The predicted octanol–water partition coefficient (Wildman–Crippen LogP) is 4.43. The van der Waals surface area contributed by atoms with Crippen molar-refractivity contribution in [3.05, 3.63) is 69.7 Å². The summed E-state index contributed by atoms with van der Waals surface area (Å²) in [6, 6.07) is 9.62. The minimum absolute atomic E-state index is 0.309. The zero-order valence-electron chi connectivity index (χ0n) is 11.4. The van der Waals surface area contributed by atoms with E-state index in [2.05, 4.69) is 5.32 Å². The smallest absolute Gasteiger partial charge is 0.163 e. The van der Waals surface area contributed by atoms with E-state index < -0.39 is 11.6 Å². The minimum Gasteiger partial charge on any atom is -0.313 e. The lowest BCUT2D eigenvalue weighted by Crippen LogP contribution is -2.20. The van der Waals surface area contributed by atoms with Crippen LogP contribution in [0.2, 0.25) is 5.02 Å². The lowest BCUT2D eigenvalue weighted by Gasteiger charge is -2.18. The SMILES string of the molecule is CNC(Cc1ccc(C)cc1Cl)c1cccc(F)c1F. The molecule has 2 aromatic carbocycles. The summed E-state index contributed by atoms with van der Waals surface area (Å²) in [5.41, 5.74) is 2.28. The molecule has 0 aliphatic carbocycles. The van der Waals surface area contributed by atoms with Gasteiger partial charge in [0.1, 0.15) is 0 Å². The van der Waals surface area contributed by atoms with Crippen molar-refractivity contribution in [2.24, 2.45) is 0 Å². The minimum atomic E-state index is -0.835. The van der Waals surface area contributed by atoms with Crippen molar-refractivity contribution in [1.82, 2.24) is 5.32 Å². The molecule has 0 aliphatic rings. The van der Waals surface area contributed by atoms with Crippen LogP contribution in [-0.2, 0) is 6.42 Å². The van der Waals surface area contributed by atoms with Crippen molar-refractivity contribution in [2.45, 2.75) is 19.4 Å². The molecule has 1 nitrogen and oxygen atoms in total. The van der Waals surface area contributed by atoms with Crippen molar-refractivity contribution in [2.75, 3.05) is 7.05 Å². The standard InChI is InChI=1S/C16H16ClF2N/c1-10-6-7-11(13(17)8-10)9-15(20-2)12-4-3-5-14(18)16(12)19/h3-8,15,20H,9H2,1-2H3. The first-order valence-corrected chi connectivity index (χ1v) is 6.77. The topological polar surface area (TPSA) is 12.0 Å². The molecule has 1 N–H and O–H groups in total. The molecule has 2 rings (SSSR count). The molecule has 106 valence electrons. The van der Waals surface area contributed by atoms with Gasteiger partial charge in [-0.25, -0.2) is 8.78 Å². The van der Waals surface area contributed by atoms with Crippen LogP contribution in [0, 0.1) is 18.6 Å².